The van der Waals surface area contributed by atoms with E-state index in [1.807, 2.05) is 0 Å². The van der Waals surface area contributed by atoms with E-state index in [1.54, 1.807) is 18.4 Å². The second-order valence-corrected chi connectivity index (χ2v) is 5.96. The summed E-state index contributed by atoms with van der Waals surface area (Å²) in [7, 11) is 1.65. The van der Waals surface area contributed by atoms with Crippen LogP contribution >= 0.6 is 11.3 Å². The van der Waals surface area contributed by atoms with Crippen molar-refractivity contribution in [2.75, 3.05) is 13.7 Å². The number of aromatic nitrogens is 1. The zero-order chi connectivity index (χ0) is 12.2. The monoisotopic (exact) mass is 243 g/mol. The molecule has 1 heterocycles. The first-order valence-corrected chi connectivity index (χ1v) is 6.43. The molecule has 1 aromatic heterocycles. The zero-order valence-corrected chi connectivity index (χ0v) is 11.3. The van der Waals surface area contributed by atoms with E-state index in [0.29, 0.717) is 19.4 Å². The molecule has 16 heavy (non-hydrogen) atoms. The molecule has 0 bridgehead atoms. The Morgan fingerprint density at radius 3 is 2.69 bits per heavy atom. The summed E-state index contributed by atoms with van der Waals surface area (Å²) in [4.78, 5) is 4.55. The summed E-state index contributed by atoms with van der Waals surface area (Å²) in [5, 5.41) is 12.8. The summed E-state index contributed by atoms with van der Waals surface area (Å²) in [6.07, 6.45) is 0.948. The van der Waals surface area contributed by atoms with Crippen LogP contribution in [0.3, 0.4) is 0 Å². The summed E-state index contributed by atoms with van der Waals surface area (Å²) in [6.45, 7) is 7.03. The fourth-order valence-corrected chi connectivity index (χ4v) is 2.40. The van der Waals surface area contributed by atoms with Gasteiger partial charge < -0.3 is 9.84 Å². The van der Waals surface area contributed by atoms with Crippen LogP contribution in [0, 0.1) is 0 Å². The van der Waals surface area contributed by atoms with Crippen LogP contribution in [-0.2, 0) is 16.6 Å². The first-order valence-electron chi connectivity index (χ1n) is 5.55. The topological polar surface area (TPSA) is 42.4 Å². The number of nitrogens with zero attached hydrogens (tertiary/aromatic N) is 1. The van der Waals surface area contributed by atoms with E-state index in [2.05, 4.69) is 31.1 Å². The zero-order valence-electron chi connectivity index (χ0n) is 10.5. The molecule has 0 aliphatic heterocycles. The Hall–Kier alpha value is -0.450. The molecule has 1 rings (SSSR count). The van der Waals surface area contributed by atoms with Crippen molar-refractivity contribution >= 4 is 11.3 Å². The smallest absolute Gasteiger partial charge is 0.0954 e. The Morgan fingerprint density at radius 1 is 1.50 bits per heavy atom. The van der Waals surface area contributed by atoms with Gasteiger partial charge in [-0.25, -0.2) is 4.98 Å². The van der Waals surface area contributed by atoms with Crippen LogP contribution in [-0.4, -0.2) is 29.9 Å². The molecule has 0 aliphatic carbocycles. The Kier molecular flexibility index (Phi) is 4.89. The third kappa shape index (κ3) is 4.20. The molecule has 3 nitrogen and oxygen atoms in total. The van der Waals surface area contributed by atoms with Gasteiger partial charge in [0.25, 0.3) is 0 Å². The molecule has 1 N–H and O–H groups in total. The SMILES string of the molecule is COCCC(O)Cc1nc(C(C)(C)C)cs1. The quantitative estimate of drug-likeness (QED) is 0.863. The molecule has 0 fully saturated rings. The molecular weight excluding hydrogens is 222 g/mol. The average molecular weight is 243 g/mol. The average Bonchev–Trinajstić information content (AvgIpc) is 2.62. The highest BCUT2D eigenvalue weighted by Gasteiger charge is 2.18. The number of hydrogen-bond donors (Lipinski definition) is 1. The van der Waals surface area contributed by atoms with E-state index in [9.17, 15) is 5.11 Å². The van der Waals surface area contributed by atoms with Gasteiger partial charge in [0.15, 0.2) is 0 Å². The maximum Gasteiger partial charge on any atom is 0.0954 e. The van der Waals surface area contributed by atoms with Crippen molar-refractivity contribution in [2.45, 2.75) is 45.1 Å². The van der Waals surface area contributed by atoms with Gasteiger partial charge in [-0.05, 0) is 6.42 Å². The number of aliphatic hydroxyl groups excluding tert-OH is 1. The van der Waals surface area contributed by atoms with Gasteiger partial charge in [0.05, 0.1) is 16.8 Å². The molecule has 0 spiro atoms. The van der Waals surface area contributed by atoms with E-state index in [0.717, 1.165) is 10.7 Å². The second-order valence-electron chi connectivity index (χ2n) is 5.02. The maximum absolute atomic E-state index is 9.73. The largest absolute Gasteiger partial charge is 0.393 e. The van der Waals surface area contributed by atoms with Gasteiger partial charge in [0.2, 0.25) is 0 Å². The Bertz CT molecular complexity index is 317. The summed E-state index contributed by atoms with van der Waals surface area (Å²) in [6, 6.07) is 0. The minimum Gasteiger partial charge on any atom is -0.393 e. The molecule has 0 amide bonds. The van der Waals surface area contributed by atoms with Crippen LogP contribution in [0.4, 0.5) is 0 Å². The molecule has 4 heteroatoms. The lowest BCUT2D eigenvalue weighted by molar-refractivity contribution is 0.110. The predicted octanol–water partition coefficient (Wildman–Crippen LogP) is 2.38. The van der Waals surface area contributed by atoms with E-state index < -0.39 is 0 Å². The number of thiazole rings is 1. The van der Waals surface area contributed by atoms with Crippen LogP contribution in [0.5, 0.6) is 0 Å². The Morgan fingerprint density at radius 2 is 2.19 bits per heavy atom. The minimum absolute atomic E-state index is 0.0895. The number of aliphatic hydroxyl groups is 1. The van der Waals surface area contributed by atoms with Crippen LogP contribution in [0.1, 0.15) is 37.9 Å². The summed E-state index contributed by atoms with van der Waals surface area (Å²) >= 11 is 1.63. The highest BCUT2D eigenvalue weighted by atomic mass is 32.1. The van der Waals surface area contributed by atoms with Gasteiger partial charge in [-0.15, -0.1) is 11.3 Å². The second kappa shape index (κ2) is 5.75. The summed E-state index contributed by atoms with van der Waals surface area (Å²) in [5.41, 5.74) is 1.19. The molecule has 0 radical (unpaired) electrons. The van der Waals surface area contributed by atoms with Crippen LogP contribution in [0.2, 0.25) is 0 Å². The van der Waals surface area contributed by atoms with Gasteiger partial charge in [-0.1, -0.05) is 20.8 Å². The van der Waals surface area contributed by atoms with Crippen molar-refractivity contribution in [2.24, 2.45) is 0 Å². The van der Waals surface area contributed by atoms with E-state index in [4.69, 9.17) is 4.74 Å². The fraction of sp³-hybridized carbons (Fsp3) is 0.750. The van der Waals surface area contributed by atoms with E-state index in [-0.39, 0.29) is 11.5 Å². The fourth-order valence-electron chi connectivity index (χ4n) is 1.31. The van der Waals surface area contributed by atoms with Crippen LogP contribution in [0.25, 0.3) is 0 Å². The lowest BCUT2D eigenvalue weighted by Gasteiger charge is -2.14. The first-order chi connectivity index (χ1) is 7.43. The highest BCUT2D eigenvalue weighted by molar-refractivity contribution is 7.09. The van der Waals surface area contributed by atoms with Gasteiger partial charge in [-0.3, -0.25) is 0 Å². The van der Waals surface area contributed by atoms with Crippen molar-refractivity contribution in [3.05, 3.63) is 16.1 Å². The third-order valence-corrected chi connectivity index (χ3v) is 3.26. The molecule has 1 aromatic rings. The number of hydrogen-bond acceptors (Lipinski definition) is 4. The van der Waals surface area contributed by atoms with E-state index >= 15 is 0 Å². The lowest BCUT2D eigenvalue weighted by Crippen LogP contribution is -2.14. The molecule has 0 saturated heterocycles. The first kappa shape index (κ1) is 13.6. The minimum atomic E-state index is -0.348. The Labute approximate surface area is 101 Å². The molecule has 1 atom stereocenters. The number of ether oxygens (including phenoxy) is 1. The standard InChI is InChI=1S/C12H21NO2S/c1-12(2,3)10-8-16-11(13-10)7-9(14)5-6-15-4/h8-9,14H,5-7H2,1-4H3. The molecule has 1 unspecified atom stereocenters. The van der Waals surface area contributed by atoms with Gasteiger partial charge >= 0.3 is 0 Å². The van der Waals surface area contributed by atoms with Crippen LogP contribution < -0.4 is 0 Å². The summed E-state index contributed by atoms with van der Waals surface area (Å²) < 4.78 is 4.93. The normalized spacial score (nSPS) is 14.1. The number of methoxy groups -OCH3 is 1. The molecule has 0 aliphatic rings. The van der Waals surface area contributed by atoms with Crippen LogP contribution in [0.15, 0.2) is 5.38 Å². The van der Waals surface area contributed by atoms with Crippen molar-refractivity contribution in [1.82, 2.24) is 4.98 Å². The van der Waals surface area contributed by atoms with Gasteiger partial charge in [-0.2, -0.15) is 0 Å². The highest BCUT2D eigenvalue weighted by Crippen LogP contribution is 2.24. The van der Waals surface area contributed by atoms with Crippen molar-refractivity contribution in [1.29, 1.82) is 0 Å². The summed E-state index contributed by atoms with van der Waals surface area (Å²) in [5.74, 6) is 0. The molecular formula is C12H21NO2S. The Balaban J connectivity index is 2.52. The van der Waals surface area contributed by atoms with Gasteiger partial charge in [0.1, 0.15) is 0 Å². The van der Waals surface area contributed by atoms with Crippen molar-refractivity contribution in [3.8, 4) is 0 Å². The van der Waals surface area contributed by atoms with Gasteiger partial charge in [0, 0.05) is 30.9 Å². The number of rotatable bonds is 5. The van der Waals surface area contributed by atoms with Crippen molar-refractivity contribution < 1.29 is 9.84 Å². The van der Waals surface area contributed by atoms with Crippen molar-refractivity contribution in [3.63, 3.8) is 0 Å². The maximum atomic E-state index is 9.73. The predicted molar refractivity (Wildman–Crippen MR) is 67.0 cm³/mol. The van der Waals surface area contributed by atoms with E-state index in [1.165, 1.54) is 0 Å². The molecule has 0 saturated carbocycles. The lowest BCUT2D eigenvalue weighted by atomic mass is 9.93. The molecule has 92 valence electrons. The molecule has 0 aromatic carbocycles. The third-order valence-electron chi connectivity index (χ3n) is 2.39.